The van der Waals surface area contributed by atoms with Gasteiger partial charge in [-0.3, -0.25) is 4.98 Å². The highest BCUT2D eigenvalue weighted by Gasteiger charge is 2.15. The quantitative estimate of drug-likeness (QED) is 0.400. The van der Waals surface area contributed by atoms with Crippen LogP contribution < -0.4 is 17.0 Å². The average Bonchev–Trinajstić information content (AvgIpc) is 2.51. The molecule has 0 saturated carbocycles. The van der Waals surface area contributed by atoms with Gasteiger partial charge in [0.05, 0.1) is 12.2 Å². The fourth-order valence-electron chi connectivity index (χ4n) is 1.99. The van der Waals surface area contributed by atoms with E-state index in [-0.39, 0.29) is 30.5 Å². The van der Waals surface area contributed by atoms with Crippen molar-refractivity contribution in [2.75, 3.05) is 6.61 Å². The summed E-state index contributed by atoms with van der Waals surface area (Å²) >= 11 is 0. The zero-order valence-electron chi connectivity index (χ0n) is 13.0. The van der Waals surface area contributed by atoms with E-state index in [1.54, 1.807) is 29.8 Å². The maximum absolute atomic E-state index is 11.8. The lowest BCUT2D eigenvalue weighted by molar-refractivity contribution is -0.703. The van der Waals surface area contributed by atoms with E-state index in [0.29, 0.717) is 24.2 Å². The van der Waals surface area contributed by atoms with Crippen molar-refractivity contribution < 1.29 is 36.7 Å². The van der Waals surface area contributed by atoms with E-state index in [0.717, 1.165) is 5.69 Å². The van der Waals surface area contributed by atoms with Crippen molar-refractivity contribution in [3.8, 4) is 11.5 Å². The fraction of sp³-hybridized carbons (Fsp3) is 0.312. The van der Waals surface area contributed by atoms with Gasteiger partial charge in [-0.05, 0) is 19.1 Å². The van der Waals surface area contributed by atoms with Crippen molar-refractivity contribution >= 4 is 5.97 Å². The molecule has 124 valence electrons. The normalized spacial score (nSPS) is 10.0. The number of pyridine rings is 2. The largest absolute Gasteiger partial charge is 1.00 e. The molecule has 0 aromatic carbocycles. The first-order valence-electron chi connectivity index (χ1n) is 7.00. The van der Waals surface area contributed by atoms with E-state index >= 15 is 0 Å². The van der Waals surface area contributed by atoms with Crippen molar-refractivity contribution in [2.45, 2.75) is 26.8 Å². The molecule has 0 saturated heterocycles. The number of hydrogen-bond donors (Lipinski definition) is 2. The Bertz CT molecular complexity index is 675. The number of halogens is 1. The van der Waals surface area contributed by atoms with E-state index < -0.39 is 5.97 Å². The third kappa shape index (κ3) is 4.82. The molecule has 6 nitrogen and oxygen atoms in total. The summed E-state index contributed by atoms with van der Waals surface area (Å²) < 4.78 is 6.97. The fourth-order valence-corrected chi connectivity index (χ4v) is 1.99. The Kier molecular flexibility index (Phi) is 6.78. The van der Waals surface area contributed by atoms with Gasteiger partial charge in [-0.1, -0.05) is 0 Å². The molecule has 0 bridgehead atoms. The maximum atomic E-state index is 11.8. The molecule has 0 unspecified atom stereocenters. The first-order valence-corrected chi connectivity index (χ1v) is 7.00. The number of aryl methyl sites for hydroxylation is 2. The van der Waals surface area contributed by atoms with Gasteiger partial charge in [0.15, 0.2) is 18.5 Å². The highest BCUT2D eigenvalue weighted by atomic mass is 35.5. The SMILES string of the molecule is Cc1ccc(C(=O)OCCC[n+]2ccc(O)c(O)c2C)cn1.[Cl-]. The number of rotatable bonds is 5. The molecule has 0 fully saturated rings. The Morgan fingerprint density at radius 3 is 2.65 bits per heavy atom. The second-order valence-corrected chi connectivity index (χ2v) is 5.01. The molecule has 2 heterocycles. The smallest absolute Gasteiger partial charge is 0.339 e. The number of nitrogens with zero attached hydrogens (tertiary/aromatic N) is 2. The summed E-state index contributed by atoms with van der Waals surface area (Å²) in [6, 6.07) is 4.86. The second kappa shape index (κ2) is 8.33. The van der Waals surface area contributed by atoms with Crippen LogP contribution in [0.1, 0.15) is 28.2 Å². The zero-order valence-corrected chi connectivity index (χ0v) is 13.7. The predicted octanol–water partition coefficient (Wildman–Crippen LogP) is -1.35. The van der Waals surface area contributed by atoms with Crippen LogP contribution in [0, 0.1) is 13.8 Å². The summed E-state index contributed by atoms with van der Waals surface area (Å²) in [6.45, 7) is 4.39. The Morgan fingerprint density at radius 2 is 2.00 bits per heavy atom. The summed E-state index contributed by atoms with van der Waals surface area (Å²) in [4.78, 5) is 15.8. The van der Waals surface area contributed by atoms with Crippen LogP contribution in [-0.2, 0) is 11.3 Å². The van der Waals surface area contributed by atoms with Crippen molar-refractivity contribution in [3.63, 3.8) is 0 Å². The molecule has 23 heavy (non-hydrogen) atoms. The van der Waals surface area contributed by atoms with E-state index in [4.69, 9.17) is 4.74 Å². The molecule has 7 heteroatoms. The van der Waals surface area contributed by atoms with Crippen molar-refractivity contribution in [3.05, 3.63) is 47.5 Å². The molecule has 2 aromatic rings. The average molecular weight is 339 g/mol. The monoisotopic (exact) mass is 338 g/mol. The number of carbonyl (C=O) groups excluding carboxylic acids is 1. The van der Waals surface area contributed by atoms with Crippen LogP contribution in [-0.4, -0.2) is 27.8 Å². The lowest BCUT2D eigenvalue weighted by atomic mass is 10.2. The Morgan fingerprint density at radius 1 is 1.26 bits per heavy atom. The number of aromatic hydroxyl groups is 2. The van der Waals surface area contributed by atoms with Gasteiger partial charge < -0.3 is 27.4 Å². The van der Waals surface area contributed by atoms with Crippen LogP contribution in [0.2, 0.25) is 0 Å². The lowest BCUT2D eigenvalue weighted by Gasteiger charge is -2.05. The summed E-state index contributed by atoms with van der Waals surface area (Å²) in [5.41, 5.74) is 1.83. The van der Waals surface area contributed by atoms with Crippen molar-refractivity contribution in [1.29, 1.82) is 0 Å². The molecular formula is C16H19ClN2O4. The van der Waals surface area contributed by atoms with E-state index in [2.05, 4.69) is 4.98 Å². The van der Waals surface area contributed by atoms with Gasteiger partial charge in [0.2, 0.25) is 11.4 Å². The van der Waals surface area contributed by atoms with Gasteiger partial charge in [-0.2, -0.15) is 4.57 Å². The number of hydrogen-bond acceptors (Lipinski definition) is 5. The number of esters is 1. The summed E-state index contributed by atoms with van der Waals surface area (Å²) in [7, 11) is 0. The van der Waals surface area contributed by atoms with Crippen LogP contribution in [0.3, 0.4) is 0 Å². The van der Waals surface area contributed by atoms with Crippen LogP contribution in [0.5, 0.6) is 11.5 Å². The zero-order chi connectivity index (χ0) is 16.1. The molecule has 0 aliphatic rings. The Hall–Kier alpha value is -2.34. The summed E-state index contributed by atoms with van der Waals surface area (Å²) in [5.74, 6) is -0.681. The lowest BCUT2D eigenvalue weighted by Crippen LogP contribution is -3.00. The van der Waals surface area contributed by atoms with Gasteiger partial charge in [0, 0.05) is 31.3 Å². The van der Waals surface area contributed by atoms with Crippen molar-refractivity contribution in [1.82, 2.24) is 4.98 Å². The number of carbonyl (C=O) groups is 1. The topological polar surface area (TPSA) is 83.5 Å². The molecule has 0 radical (unpaired) electrons. The number of aromatic nitrogens is 2. The molecule has 2 rings (SSSR count). The molecule has 2 aromatic heterocycles. The van der Waals surface area contributed by atoms with Crippen LogP contribution in [0.15, 0.2) is 30.6 Å². The first-order chi connectivity index (χ1) is 10.5. The number of ether oxygens (including phenoxy) is 1. The molecule has 0 aliphatic heterocycles. The highest BCUT2D eigenvalue weighted by Crippen LogP contribution is 2.24. The van der Waals surface area contributed by atoms with Gasteiger partial charge in [-0.15, -0.1) is 0 Å². The third-order valence-corrected chi connectivity index (χ3v) is 3.35. The first kappa shape index (κ1) is 18.7. The Labute approximate surface area is 140 Å². The van der Waals surface area contributed by atoms with Gasteiger partial charge in [0.25, 0.3) is 0 Å². The minimum atomic E-state index is -0.400. The summed E-state index contributed by atoms with van der Waals surface area (Å²) in [6.07, 6.45) is 3.77. The molecule has 0 atom stereocenters. The second-order valence-electron chi connectivity index (χ2n) is 5.01. The highest BCUT2D eigenvalue weighted by molar-refractivity contribution is 5.88. The third-order valence-electron chi connectivity index (χ3n) is 3.35. The van der Waals surface area contributed by atoms with Crippen LogP contribution >= 0.6 is 0 Å². The standard InChI is InChI=1S/C16H18N2O4.ClH/c1-11-4-5-13(10-17-11)16(21)22-9-3-7-18-8-6-14(19)15(20)12(18)2;/h4-6,8,10,20H,3,7,9H2,1-2H3;1H. The molecular weight excluding hydrogens is 320 g/mol. The minimum Gasteiger partial charge on any atom is -1.00 e. The summed E-state index contributed by atoms with van der Waals surface area (Å²) in [5, 5.41) is 19.0. The molecule has 0 amide bonds. The van der Waals surface area contributed by atoms with Gasteiger partial charge in [-0.25, -0.2) is 4.79 Å². The van der Waals surface area contributed by atoms with Crippen LogP contribution in [0.25, 0.3) is 0 Å². The van der Waals surface area contributed by atoms with E-state index in [1.807, 2.05) is 6.92 Å². The van der Waals surface area contributed by atoms with Gasteiger partial charge >= 0.3 is 5.97 Å². The van der Waals surface area contributed by atoms with E-state index in [9.17, 15) is 15.0 Å². The molecule has 2 N–H and O–H groups in total. The van der Waals surface area contributed by atoms with E-state index in [1.165, 1.54) is 12.3 Å². The minimum absolute atomic E-state index is 0. The maximum Gasteiger partial charge on any atom is 0.339 e. The van der Waals surface area contributed by atoms with Crippen molar-refractivity contribution in [2.24, 2.45) is 0 Å². The van der Waals surface area contributed by atoms with Crippen LogP contribution in [0.4, 0.5) is 0 Å². The Balaban J connectivity index is 0.00000264. The van der Waals surface area contributed by atoms with Gasteiger partial charge in [0.1, 0.15) is 0 Å². The molecule has 0 aliphatic carbocycles. The predicted molar refractivity (Wildman–Crippen MR) is 78.6 cm³/mol. The molecule has 0 spiro atoms.